The summed E-state index contributed by atoms with van der Waals surface area (Å²) in [6.07, 6.45) is 0.217. The van der Waals surface area contributed by atoms with Gasteiger partial charge in [-0.25, -0.2) is 0 Å². The van der Waals surface area contributed by atoms with Crippen LogP contribution < -0.4 is 0 Å². The second kappa shape index (κ2) is 6.68. The zero-order chi connectivity index (χ0) is 13.7. The molecule has 2 rings (SSSR count). The van der Waals surface area contributed by atoms with E-state index in [2.05, 4.69) is 0 Å². The summed E-state index contributed by atoms with van der Waals surface area (Å²) in [7, 11) is 0. The molecule has 1 fully saturated rings. The number of carbonyl (C=O) groups excluding carboxylic acids is 1. The number of hydrogen-bond donors (Lipinski definition) is 0. The van der Waals surface area contributed by atoms with Crippen molar-refractivity contribution in [2.45, 2.75) is 26.6 Å². The van der Waals surface area contributed by atoms with Gasteiger partial charge in [-0.1, -0.05) is 12.1 Å². The summed E-state index contributed by atoms with van der Waals surface area (Å²) in [6, 6.07) is 7.65. The maximum Gasteiger partial charge on any atom is 0.254 e. The molecular weight excluding hydrogens is 242 g/mol. The van der Waals surface area contributed by atoms with Crippen LogP contribution in [0.4, 0.5) is 0 Å². The molecule has 104 valence electrons. The van der Waals surface area contributed by atoms with Crippen molar-refractivity contribution in [2.24, 2.45) is 0 Å². The van der Waals surface area contributed by atoms with E-state index in [-0.39, 0.29) is 12.0 Å². The highest BCUT2D eigenvalue weighted by atomic mass is 16.5. The van der Waals surface area contributed by atoms with E-state index in [9.17, 15) is 4.79 Å². The third-order valence-electron chi connectivity index (χ3n) is 3.08. The molecule has 0 atom stereocenters. The zero-order valence-electron chi connectivity index (χ0n) is 11.6. The summed E-state index contributed by atoms with van der Waals surface area (Å²) in [5.41, 5.74) is 1.82. The molecule has 1 aromatic carbocycles. The number of ether oxygens (including phenoxy) is 2. The SMILES string of the molecule is CC(C)OCc1ccc(C(=O)N2CCOCC2)cc1. The molecule has 0 aliphatic carbocycles. The van der Waals surface area contributed by atoms with E-state index >= 15 is 0 Å². The number of rotatable bonds is 4. The van der Waals surface area contributed by atoms with Crippen LogP contribution in [0.25, 0.3) is 0 Å². The molecule has 0 saturated carbocycles. The van der Waals surface area contributed by atoms with Gasteiger partial charge in [0.15, 0.2) is 0 Å². The highest BCUT2D eigenvalue weighted by Gasteiger charge is 2.18. The first-order valence-electron chi connectivity index (χ1n) is 6.74. The zero-order valence-corrected chi connectivity index (χ0v) is 11.6. The van der Waals surface area contributed by atoms with E-state index in [0.717, 1.165) is 11.1 Å². The van der Waals surface area contributed by atoms with Gasteiger partial charge in [0.25, 0.3) is 5.91 Å². The molecule has 1 aliphatic rings. The lowest BCUT2D eigenvalue weighted by atomic mass is 10.1. The average Bonchev–Trinajstić information content (AvgIpc) is 2.46. The van der Waals surface area contributed by atoms with Gasteiger partial charge in [-0.2, -0.15) is 0 Å². The number of hydrogen-bond acceptors (Lipinski definition) is 3. The number of carbonyl (C=O) groups is 1. The van der Waals surface area contributed by atoms with Crippen molar-refractivity contribution in [1.82, 2.24) is 4.90 Å². The smallest absolute Gasteiger partial charge is 0.254 e. The summed E-state index contributed by atoms with van der Waals surface area (Å²) < 4.78 is 10.8. The molecule has 1 heterocycles. The minimum absolute atomic E-state index is 0.0830. The molecule has 1 amide bonds. The Balaban J connectivity index is 1.95. The normalized spacial score (nSPS) is 15.8. The highest BCUT2D eigenvalue weighted by molar-refractivity contribution is 5.94. The van der Waals surface area contributed by atoms with Crippen LogP contribution in [-0.2, 0) is 16.1 Å². The van der Waals surface area contributed by atoms with Crippen molar-refractivity contribution >= 4 is 5.91 Å². The monoisotopic (exact) mass is 263 g/mol. The lowest BCUT2D eigenvalue weighted by Crippen LogP contribution is -2.40. The molecule has 1 aromatic rings. The highest BCUT2D eigenvalue weighted by Crippen LogP contribution is 2.10. The molecule has 0 radical (unpaired) electrons. The molecule has 0 N–H and O–H groups in total. The van der Waals surface area contributed by atoms with E-state index < -0.39 is 0 Å². The molecular formula is C15H21NO3. The third kappa shape index (κ3) is 4.04. The molecule has 4 heteroatoms. The minimum atomic E-state index is 0.0830. The number of nitrogens with zero attached hydrogens (tertiary/aromatic N) is 1. The standard InChI is InChI=1S/C15H21NO3/c1-12(2)19-11-13-3-5-14(6-4-13)15(17)16-7-9-18-10-8-16/h3-6,12H,7-11H2,1-2H3. The Kier molecular flexibility index (Phi) is 4.93. The summed E-state index contributed by atoms with van der Waals surface area (Å²) >= 11 is 0. The molecule has 0 unspecified atom stereocenters. The second-order valence-electron chi connectivity index (χ2n) is 4.96. The van der Waals surface area contributed by atoms with Gasteiger partial charge < -0.3 is 14.4 Å². The predicted octanol–water partition coefficient (Wildman–Crippen LogP) is 2.08. The van der Waals surface area contributed by atoms with Crippen molar-refractivity contribution in [1.29, 1.82) is 0 Å². The first-order chi connectivity index (χ1) is 9.16. The Labute approximate surface area is 114 Å². The molecule has 1 saturated heterocycles. The van der Waals surface area contributed by atoms with Gasteiger partial charge in [0.05, 0.1) is 25.9 Å². The van der Waals surface area contributed by atoms with Crippen molar-refractivity contribution in [3.63, 3.8) is 0 Å². The Morgan fingerprint density at radius 3 is 2.47 bits per heavy atom. The molecule has 0 aromatic heterocycles. The van der Waals surface area contributed by atoms with Gasteiger partial charge in [0, 0.05) is 18.7 Å². The van der Waals surface area contributed by atoms with Crippen LogP contribution in [0.5, 0.6) is 0 Å². The van der Waals surface area contributed by atoms with Crippen molar-refractivity contribution in [3.05, 3.63) is 35.4 Å². The average molecular weight is 263 g/mol. The van der Waals surface area contributed by atoms with Crippen LogP contribution in [0.3, 0.4) is 0 Å². The van der Waals surface area contributed by atoms with Crippen molar-refractivity contribution in [2.75, 3.05) is 26.3 Å². The van der Waals surface area contributed by atoms with Crippen LogP contribution in [0.15, 0.2) is 24.3 Å². The van der Waals surface area contributed by atoms with Gasteiger partial charge in [-0.15, -0.1) is 0 Å². The largest absolute Gasteiger partial charge is 0.378 e. The number of morpholine rings is 1. The van der Waals surface area contributed by atoms with E-state index in [1.807, 2.05) is 43.0 Å². The van der Waals surface area contributed by atoms with Gasteiger partial charge in [0.1, 0.15) is 0 Å². The van der Waals surface area contributed by atoms with E-state index in [4.69, 9.17) is 9.47 Å². The van der Waals surface area contributed by atoms with Crippen LogP contribution in [0.1, 0.15) is 29.8 Å². The lowest BCUT2D eigenvalue weighted by Gasteiger charge is -2.26. The lowest BCUT2D eigenvalue weighted by molar-refractivity contribution is 0.0302. The molecule has 0 bridgehead atoms. The van der Waals surface area contributed by atoms with Crippen molar-refractivity contribution in [3.8, 4) is 0 Å². The fourth-order valence-electron chi connectivity index (χ4n) is 1.96. The predicted molar refractivity (Wildman–Crippen MR) is 73.1 cm³/mol. The van der Waals surface area contributed by atoms with Crippen LogP contribution >= 0.6 is 0 Å². The fourth-order valence-corrected chi connectivity index (χ4v) is 1.96. The van der Waals surface area contributed by atoms with E-state index in [1.165, 1.54) is 0 Å². The molecule has 19 heavy (non-hydrogen) atoms. The Morgan fingerprint density at radius 2 is 1.89 bits per heavy atom. The molecule has 1 aliphatic heterocycles. The van der Waals surface area contributed by atoms with Crippen LogP contribution in [-0.4, -0.2) is 43.2 Å². The summed E-state index contributed by atoms with van der Waals surface area (Å²) in [6.45, 7) is 7.22. The van der Waals surface area contributed by atoms with Crippen molar-refractivity contribution < 1.29 is 14.3 Å². The van der Waals surface area contributed by atoms with Gasteiger partial charge in [-0.3, -0.25) is 4.79 Å². The molecule has 4 nitrogen and oxygen atoms in total. The number of amides is 1. The third-order valence-corrected chi connectivity index (χ3v) is 3.08. The van der Waals surface area contributed by atoms with Crippen LogP contribution in [0.2, 0.25) is 0 Å². The maximum atomic E-state index is 12.2. The second-order valence-corrected chi connectivity index (χ2v) is 4.96. The minimum Gasteiger partial charge on any atom is -0.378 e. The topological polar surface area (TPSA) is 38.8 Å². The van der Waals surface area contributed by atoms with Gasteiger partial charge in [-0.05, 0) is 31.5 Å². The van der Waals surface area contributed by atoms with Crippen LogP contribution in [0, 0.1) is 0 Å². The summed E-state index contributed by atoms with van der Waals surface area (Å²) in [5, 5.41) is 0. The van der Waals surface area contributed by atoms with E-state index in [1.54, 1.807) is 0 Å². The summed E-state index contributed by atoms with van der Waals surface area (Å²) in [5.74, 6) is 0.0830. The van der Waals surface area contributed by atoms with Gasteiger partial charge >= 0.3 is 0 Å². The fraction of sp³-hybridized carbons (Fsp3) is 0.533. The van der Waals surface area contributed by atoms with E-state index in [0.29, 0.717) is 32.9 Å². The Bertz CT molecular complexity index is 408. The quantitative estimate of drug-likeness (QED) is 0.835. The maximum absolute atomic E-state index is 12.2. The first kappa shape index (κ1) is 14.0. The van der Waals surface area contributed by atoms with Gasteiger partial charge in [0.2, 0.25) is 0 Å². The first-order valence-corrected chi connectivity index (χ1v) is 6.74. The Hall–Kier alpha value is -1.39. The Morgan fingerprint density at radius 1 is 1.26 bits per heavy atom. The number of benzene rings is 1. The molecule has 0 spiro atoms. The summed E-state index contributed by atoms with van der Waals surface area (Å²) in [4.78, 5) is 14.1.